The zero-order valence-corrected chi connectivity index (χ0v) is 11.1. The Labute approximate surface area is 104 Å². The molecule has 0 aromatic carbocycles. The molecule has 1 aliphatic rings. The van der Waals surface area contributed by atoms with Gasteiger partial charge in [-0.05, 0) is 39.2 Å². The maximum absolute atomic E-state index is 4.35. The molecular weight excluding hydrogens is 210 g/mol. The van der Waals surface area contributed by atoms with E-state index in [0.717, 1.165) is 12.2 Å². The molecule has 0 radical (unpaired) electrons. The van der Waals surface area contributed by atoms with Crippen LogP contribution in [0.15, 0.2) is 18.5 Å². The van der Waals surface area contributed by atoms with Crippen LogP contribution >= 0.6 is 0 Å². The molecule has 2 atom stereocenters. The maximum atomic E-state index is 4.35. The van der Waals surface area contributed by atoms with Crippen molar-refractivity contribution in [1.29, 1.82) is 0 Å². The molecule has 1 aromatic rings. The Morgan fingerprint density at radius 1 is 1.35 bits per heavy atom. The van der Waals surface area contributed by atoms with Gasteiger partial charge in [0, 0.05) is 18.6 Å². The van der Waals surface area contributed by atoms with E-state index in [9.17, 15) is 0 Å². The molecule has 0 spiro atoms. The minimum Gasteiger partial charge on any atom is -0.384 e. The van der Waals surface area contributed by atoms with E-state index in [1.807, 2.05) is 12.4 Å². The van der Waals surface area contributed by atoms with Crippen molar-refractivity contribution < 1.29 is 0 Å². The van der Waals surface area contributed by atoms with Crippen LogP contribution < -0.4 is 10.2 Å². The lowest BCUT2D eigenvalue weighted by Gasteiger charge is -2.30. The number of hydrogen-bond donors (Lipinski definition) is 1. The number of nitrogens with one attached hydrogen (secondary N) is 1. The van der Waals surface area contributed by atoms with Crippen molar-refractivity contribution in [2.24, 2.45) is 0 Å². The van der Waals surface area contributed by atoms with Gasteiger partial charge in [0.25, 0.3) is 0 Å². The maximum Gasteiger partial charge on any atom is 0.0578 e. The predicted octanol–water partition coefficient (Wildman–Crippen LogP) is 3.28. The molecule has 3 heteroatoms. The minimum absolute atomic E-state index is 0.638. The van der Waals surface area contributed by atoms with Crippen LogP contribution in [0.5, 0.6) is 0 Å². The fourth-order valence-corrected chi connectivity index (χ4v) is 2.81. The van der Waals surface area contributed by atoms with Crippen LogP contribution in [0.1, 0.15) is 40.0 Å². The Balaban J connectivity index is 2.22. The van der Waals surface area contributed by atoms with E-state index in [0.29, 0.717) is 12.1 Å². The third-order valence-electron chi connectivity index (χ3n) is 3.66. The van der Waals surface area contributed by atoms with Gasteiger partial charge in [-0.15, -0.1) is 0 Å². The lowest BCUT2D eigenvalue weighted by Crippen LogP contribution is -2.34. The Morgan fingerprint density at radius 2 is 2.18 bits per heavy atom. The predicted molar refractivity (Wildman–Crippen MR) is 73.7 cm³/mol. The van der Waals surface area contributed by atoms with Gasteiger partial charge in [-0.25, -0.2) is 0 Å². The molecule has 0 saturated carbocycles. The summed E-state index contributed by atoms with van der Waals surface area (Å²) in [6.07, 6.45) is 7.71. The largest absolute Gasteiger partial charge is 0.384 e. The van der Waals surface area contributed by atoms with Crippen LogP contribution in [0.2, 0.25) is 0 Å². The van der Waals surface area contributed by atoms with Crippen molar-refractivity contribution in [3.05, 3.63) is 18.5 Å². The van der Waals surface area contributed by atoms with E-state index in [4.69, 9.17) is 0 Å². The smallest absolute Gasteiger partial charge is 0.0578 e. The molecule has 2 rings (SSSR count). The molecule has 0 bridgehead atoms. The molecule has 1 saturated heterocycles. The Hall–Kier alpha value is -1.25. The van der Waals surface area contributed by atoms with Crippen molar-refractivity contribution >= 4 is 11.4 Å². The van der Waals surface area contributed by atoms with Gasteiger partial charge >= 0.3 is 0 Å². The summed E-state index contributed by atoms with van der Waals surface area (Å²) < 4.78 is 0. The SMILES string of the molecule is CCNc1cncc(N2C(C)CCC2CC)c1. The molecule has 2 unspecified atom stereocenters. The molecule has 17 heavy (non-hydrogen) atoms. The summed E-state index contributed by atoms with van der Waals surface area (Å²) >= 11 is 0. The lowest BCUT2D eigenvalue weighted by molar-refractivity contribution is 0.627. The number of nitrogens with zero attached hydrogens (tertiary/aromatic N) is 2. The third kappa shape index (κ3) is 2.54. The Bertz CT molecular complexity index is 364. The molecule has 2 heterocycles. The standard InChI is InChI=1S/C14H23N3/c1-4-13-7-6-11(3)17(13)14-8-12(16-5-2)9-15-10-14/h8-11,13,16H,4-7H2,1-3H3. The summed E-state index contributed by atoms with van der Waals surface area (Å²) in [5.41, 5.74) is 2.39. The minimum atomic E-state index is 0.638. The molecule has 0 amide bonds. The highest BCUT2D eigenvalue weighted by atomic mass is 15.2. The van der Waals surface area contributed by atoms with Gasteiger partial charge in [-0.1, -0.05) is 6.92 Å². The summed E-state index contributed by atoms with van der Waals surface area (Å²) in [4.78, 5) is 6.88. The summed E-state index contributed by atoms with van der Waals surface area (Å²) in [6, 6.07) is 3.54. The Morgan fingerprint density at radius 3 is 2.88 bits per heavy atom. The van der Waals surface area contributed by atoms with Gasteiger partial charge in [0.1, 0.15) is 0 Å². The van der Waals surface area contributed by atoms with Crippen LogP contribution in [0, 0.1) is 0 Å². The van der Waals surface area contributed by atoms with Gasteiger partial charge in [0.2, 0.25) is 0 Å². The number of anilines is 2. The van der Waals surface area contributed by atoms with E-state index in [1.165, 1.54) is 24.9 Å². The second-order valence-corrected chi connectivity index (χ2v) is 4.86. The zero-order chi connectivity index (χ0) is 12.3. The summed E-state index contributed by atoms with van der Waals surface area (Å²) in [5, 5.41) is 3.33. The number of aromatic nitrogens is 1. The fraction of sp³-hybridized carbons (Fsp3) is 0.643. The summed E-state index contributed by atoms with van der Waals surface area (Å²) in [5.74, 6) is 0. The van der Waals surface area contributed by atoms with Crippen molar-refractivity contribution in [3.63, 3.8) is 0 Å². The average molecular weight is 233 g/mol. The van der Waals surface area contributed by atoms with Gasteiger partial charge < -0.3 is 10.2 Å². The first-order chi connectivity index (χ1) is 8.26. The first kappa shape index (κ1) is 12.2. The van der Waals surface area contributed by atoms with Crippen LogP contribution in [0.25, 0.3) is 0 Å². The quantitative estimate of drug-likeness (QED) is 0.865. The molecule has 1 N–H and O–H groups in total. The highest BCUT2D eigenvalue weighted by Gasteiger charge is 2.29. The average Bonchev–Trinajstić information content (AvgIpc) is 2.71. The van der Waals surface area contributed by atoms with Crippen LogP contribution in [0.3, 0.4) is 0 Å². The first-order valence-electron chi connectivity index (χ1n) is 6.73. The number of pyridine rings is 1. The second-order valence-electron chi connectivity index (χ2n) is 4.86. The number of hydrogen-bond acceptors (Lipinski definition) is 3. The highest BCUT2D eigenvalue weighted by Crippen LogP contribution is 2.32. The lowest BCUT2D eigenvalue weighted by atomic mass is 10.1. The van der Waals surface area contributed by atoms with E-state index < -0.39 is 0 Å². The van der Waals surface area contributed by atoms with E-state index in [1.54, 1.807) is 0 Å². The molecule has 3 nitrogen and oxygen atoms in total. The van der Waals surface area contributed by atoms with Crippen molar-refractivity contribution in [2.45, 2.75) is 52.1 Å². The van der Waals surface area contributed by atoms with Crippen molar-refractivity contribution in [1.82, 2.24) is 4.98 Å². The topological polar surface area (TPSA) is 28.2 Å². The van der Waals surface area contributed by atoms with Gasteiger partial charge in [-0.3, -0.25) is 4.98 Å². The van der Waals surface area contributed by atoms with Crippen molar-refractivity contribution in [2.75, 3.05) is 16.8 Å². The van der Waals surface area contributed by atoms with Crippen molar-refractivity contribution in [3.8, 4) is 0 Å². The highest BCUT2D eigenvalue weighted by molar-refractivity contribution is 5.57. The second kappa shape index (κ2) is 5.39. The summed E-state index contributed by atoms with van der Waals surface area (Å²) in [6.45, 7) is 7.64. The zero-order valence-electron chi connectivity index (χ0n) is 11.1. The number of rotatable bonds is 4. The van der Waals surface area contributed by atoms with Gasteiger partial charge in [-0.2, -0.15) is 0 Å². The van der Waals surface area contributed by atoms with E-state index in [-0.39, 0.29) is 0 Å². The molecule has 1 fully saturated rings. The first-order valence-corrected chi connectivity index (χ1v) is 6.73. The monoisotopic (exact) mass is 233 g/mol. The van der Waals surface area contributed by atoms with Gasteiger partial charge in [0.15, 0.2) is 0 Å². The Kier molecular flexibility index (Phi) is 3.87. The van der Waals surface area contributed by atoms with E-state index >= 15 is 0 Å². The van der Waals surface area contributed by atoms with Crippen LogP contribution in [-0.4, -0.2) is 23.6 Å². The molecular formula is C14H23N3. The van der Waals surface area contributed by atoms with Crippen LogP contribution in [0.4, 0.5) is 11.4 Å². The van der Waals surface area contributed by atoms with Gasteiger partial charge in [0.05, 0.1) is 23.8 Å². The molecule has 94 valence electrons. The normalized spacial score (nSPS) is 24.1. The molecule has 0 aliphatic carbocycles. The molecule has 1 aromatic heterocycles. The third-order valence-corrected chi connectivity index (χ3v) is 3.66. The fourth-order valence-electron chi connectivity index (χ4n) is 2.81. The van der Waals surface area contributed by atoms with E-state index in [2.05, 4.69) is 42.0 Å². The van der Waals surface area contributed by atoms with Crippen LogP contribution in [-0.2, 0) is 0 Å². The molecule has 1 aliphatic heterocycles. The summed E-state index contributed by atoms with van der Waals surface area (Å²) in [7, 11) is 0.